The van der Waals surface area contributed by atoms with Gasteiger partial charge in [-0.05, 0) is 51.4 Å². The molecule has 0 spiro atoms. The van der Waals surface area contributed by atoms with E-state index in [9.17, 15) is 0 Å². The third-order valence-corrected chi connectivity index (χ3v) is 4.09. The lowest BCUT2D eigenvalue weighted by Crippen LogP contribution is -2.28. The number of fused-ring (bicyclic) bond motifs is 1. The molecule has 0 radical (unpaired) electrons. The maximum atomic E-state index is 3.34. The monoisotopic (exact) mass is 246 g/mol. The van der Waals surface area contributed by atoms with Crippen molar-refractivity contribution >= 4 is 5.69 Å². The molecule has 18 heavy (non-hydrogen) atoms. The molecular weight excluding hydrogens is 220 g/mol. The molecule has 1 heterocycles. The van der Waals surface area contributed by atoms with E-state index in [1.165, 1.54) is 11.3 Å². The fourth-order valence-electron chi connectivity index (χ4n) is 3.00. The minimum Gasteiger partial charge on any atom is -0.368 e. The van der Waals surface area contributed by atoms with Crippen LogP contribution in [0.3, 0.4) is 0 Å². The van der Waals surface area contributed by atoms with E-state index in [1.54, 1.807) is 5.56 Å². The van der Waals surface area contributed by atoms with E-state index in [0.717, 1.165) is 13.0 Å². The number of nitrogens with zero attached hydrogens (tertiary/aromatic N) is 1. The van der Waals surface area contributed by atoms with Crippen LogP contribution in [0, 0.1) is 0 Å². The zero-order chi connectivity index (χ0) is 13.3. The lowest BCUT2D eigenvalue weighted by Gasteiger charge is -2.24. The minimum atomic E-state index is 0.539. The highest BCUT2D eigenvalue weighted by Crippen LogP contribution is 2.39. The first-order valence-electron chi connectivity index (χ1n) is 7.10. The molecule has 1 aliphatic heterocycles. The Morgan fingerprint density at radius 3 is 2.67 bits per heavy atom. The second-order valence-corrected chi connectivity index (χ2v) is 5.89. The molecule has 0 amide bonds. The molecule has 0 aliphatic carbocycles. The quantitative estimate of drug-likeness (QED) is 0.878. The van der Waals surface area contributed by atoms with E-state index in [0.29, 0.717) is 18.0 Å². The Balaban J connectivity index is 2.35. The molecule has 0 bridgehead atoms. The highest BCUT2D eigenvalue weighted by Gasteiger charge is 2.29. The molecule has 2 rings (SSSR count). The number of hydrogen-bond acceptors (Lipinski definition) is 2. The van der Waals surface area contributed by atoms with Crippen LogP contribution in [0.1, 0.15) is 44.7 Å². The second kappa shape index (κ2) is 5.31. The van der Waals surface area contributed by atoms with Gasteiger partial charge >= 0.3 is 0 Å². The largest absolute Gasteiger partial charge is 0.368 e. The SMILES string of the molecule is CNC(C)Cc1cccc2c1C(C)CN2C(C)C. The van der Waals surface area contributed by atoms with Crippen LogP contribution in [0.15, 0.2) is 18.2 Å². The van der Waals surface area contributed by atoms with E-state index < -0.39 is 0 Å². The van der Waals surface area contributed by atoms with Crippen LogP contribution in [-0.2, 0) is 6.42 Å². The molecule has 1 N–H and O–H groups in total. The van der Waals surface area contributed by atoms with Crippen LogP contribution < -0.4 is 10.2 Å². The zero-order valence-corrected chi connectivity index (χ0v) is 12.3. The van der Waals surface area contributed by atoms with Crippen molar-refractivity contribution in [3.05, 3.63) is 29.3 Å². The Labute approximate surface area is 111 Å². The van der Waals surface area contributed by atoms with Crippen LogP contribution >= 0.6 is 0 Å². The van der Waals surface area contributed by atoms with Gasteiger partial charge in [-0.15, -0.1) is 0 Å². The summed E-state index contributed by atoms with van der Waals surface area (Å²) >= 11 is 0. The van der Waals surface area contributed by atoms with Crippen LogP contribution in [0.4, 0.5) is 5.69 Å². The standard InChI is InChI=1S/C16H26N2/c1-11(2)18-10-12(3)16-14(9-13(4)17-5)7-6-8-15(16)18/h6-8,11-13,17H,9-10H2,1-5H3. The number of benzene rings is 1. The van der Waals surface area contributed by atoms with E-state index in [1.807, 2.05) is 7.05 Å². The summed E-state index contributed by atoms with van der Waals surface area (Å²) in [6.45, 7) is 10.3. The lowest BCUT2D eigenvalue weighted by molar-refractivity contribution is 0.603. The molecule has 1 aromatic carbocycles. The van der Waals surface area contributed by atoms with Gasteiger partial charge in [0.2, 0.25) is 0 Å². The third-order valence-electron chi connectivity index (χ3n) is 4.09. The predicted molar refractivity (Wildman–Crippen MR) is 79.6 cm³/mol. The molecule has 2 atom stereocenters. The average molecular weight is 246 g/mol. The van der Waals surface area contributed by atoms with E-state index in [4.69, 9.17) is 0 Å². The van der Waals surface area contributed by atoms with Crippen LogP contribution in [0.5, 0.6) is 0 Å². The predicted octanol–water partition coefficient (Wildman–Crippen LogP) is 3.17. The molecule has 2 nitrogen and oxygen atoms in total. The topological polar surface area (TPSA) is 15.3 Å². The van der Waals surface area contributed by atoms with Crippen molar-refractivity contribution in [3.8, 4) is 0 Å². The van der Waals surface area contributed by atoms with Gasteiger partial charge in [-0.25, -0.2) is 0 Å². The number of likely N-dealkylation sites (N-methyl/N-ethyl adjacent to an activating group) is 1. The zero-order valence-electron chi connectivity index (χ0n) is 12.3. The van der Waals surface area contributed by atoms with Gasteiger partial charge in [0.1, 0.15) is 0 Å². The van der Waals surface area contributed by atoms with Crippen molar-refractivity contribution in [1.82, 2.24) is 5.32 Å². The van der Waals surface area contributed by atoms with Crippen molar-refractivity contribution < 1.29 is 0 Å². The van der Waals surface area contributed by atoms with Gasteiger partial charge in [-0.2, -0.15) is 0 Å². The maximum absolute atomic E-state index is 3.34. The second-order valence-electron chi connectivity index (χ2n) is 5.89. The fraction of sp³-hybridized carbons (Fsp3) is 0.625. The Kier molecular flexibility index (Phi) is 3.96. The first-order chi connectivity index (χ1) is 8.54. The highest BCUT2D eigenvalue weighted by molar-refractivity contribution is 5.63. The summed E-state index contributed by atoms with van der Waals surface area (Å²) in [7, 11) is 2.04. The van der Waals surface area contributed by atoms with Gasteiger partial charge in [-0.1, -0.05) is 19.1 Å². The van der Waals surface area contributed by atoms with Crippen molar-refractivity contribution in [1.29, 1.82) is 0 Å². The van der Waals surface area contributed by atoms with Gasteiger partial charge < -0.3 is 10.2 Å². The number of anilines is 1. The molecule has 0 aromatic heterocycles. The van der Waals surface area contributed by atoms with Crippen LogP contribution in [-0.4, -0.2) is 25.7 Å². The number of hydrogen-bond donors (Lipinski definition) is 1. The summed E-state index contributed by atoms with van der Waals surface area (Å²) in [5, 5.41) is 3.34. The lowest BCUT2D eigenvalue weighted by atomic mass is 9.93. The highest BCUT2D eigenvalue weighted by atomic mass is 15.2. The fourth-order valence-corrected chi connectivity index (χ4v) is 3.00. The van der Waals surface area contributed by atoms with Gasteiger partial charge in [-0.3, -0.25) is 0 Å². The van der Waals surface area contributed by atoms with Crippen molar-refractivity contribution in [2.75, 3.05) is 18.5 Å². The van der Waals surface area contributed by atoms with Crippen molar-refractivity contribution in [2.24, 2.45) is 0 Å². The third kappa shape index (κ3) is 2.39. The summed E-state index contributed by atoms with van der Waals surface area (Å²) in [5.74, 6) is 0.655. The molecule has 0 saturated carbocycles. The minimum absolute atomic E-state index is 0.539. The summed E-state index contributed by atoms with van der Waals surface area (Å²) in [6, 6.07) is 7.92. The Morgan fingerprint density at radius 2 is 2.06 bits per heavy atom. The molecule has 1 aromatic rings. The van der Waals surface area contributed by atoms with Gasteiger partial charge in [0.05, 0.1) is 0 Å². The molecular formula is C16H26N2. The first-order valence-corrected chi connectivity index (χ1v) is 7.10. The summed E-state index contributed by atoms with van der Waals surface area (Å²) in [5.41, 5.74) is 4.55. The molecule has 0 saturated heterocycles. The number of rotatable bonds is 4. The average Bonchev–Trinajstić information content (AvgIpc) is 2.68. The Hall–Kier alpha value is -1.02. The molecule has 0 fully saturated rings. The number of nitrogens with one attached hydrogen (secondary N) is 1. The van der Waals surface area contributed by atoms with Gasteiger partial charge in [0, 0.05) is 30.2 Å². The molecule has 1 aliphatic rings. The van der Waals surface area contributed by atoms with Crippen molar-refractivity contribution in [3.63, 3.8) is 0 Å². The van der Waals surface area contributed by atoms with Gasteiger partial charge in [0.25, 0.3) is 0 Å². The van der Waals surface area contributed by atoms with Crippen LogP contribution in [0.25, 0.3) is 0 Å². The Morgan fingerprint density at radius 1 is 1.33 bits per heavy atom. The van der Waals surface area contributed by atoms with E-state index in [-0.39, 0.29) is 0 Å². The summed E-state index contributed by atoms with van der Waals surface area (Å²) in [4.78, 5) is 2.54. The van der Waals surface area contributed by atoms with Crippen LogP contribution in [0.2, 0.25) is 0 Å². The summed E-state index contributed by atoms with van der Waals surface area (Å²) < 4.78 is 0. The van der Waals surface area contributed by atoms with E-state index in [2.05, 4.69) is 56.1 Å². The normalized spacial score (nSPS) is 20.3. The van der Waals surface area contributed by atoms with Crippen molar-refractivity contribution in [2.45, 2.75) is 52.1 Å². The Bertz CT molecular complexity index is 412. The van der Waals surface area contributed by atoms with Gasteiger partial charge in [0.15, 0.2) is 0 Å². The smallest absolute Gasteiger partial charge is 0.0407 e. The first kappa shape index (κ1) is 13.4. The maximum Gasteiger partial charge on any atom is 0.0407 e. The molecule has 2 unspecified atom stereocenters. The summed E-state index contributed by atoms with van der Waals surface area (Å²) in [6.07, 6.45) is 1.12. The molecule has 100 valence electrons. The molecule has 2 heteroatoms. The van der Waals surface area contributed by atoms with E-state index >= 15 is 0 Å².